The van der Waals surface area contributed by atoms with Gasteiger partial charge in [-0.1, -0.05) is 12.1 Å². The van der Waals surface area contributed by atoms with Crippen molar-refractivity contribution in [1.29, 1.82) is 0 Å². The summed E-state index contributed by atoms with van der Waals surface area (Å²) in [7, 11) is 0. The second kappa shape index (κ2) is 11.6. The molecular weight excluding hydrogens is 598 g/mol. The predicted molar refractivity (Wildman–Crippen MR) is 163 cm³/mol. The number of hydrogen-bond donors (Lipinski definition) is 1. The highest BCUT2D eigenvalue weighted by Gasteiger charge is 2.44. The monoisotopic (exact) mass is 626 g/mol. The lowest BCUT2D eigenvalue weighted by Gasteiger charge is -2.16. The second-order valence-corrected chi connectivity index (χ2v) is 12.4. The average Bonchev–Trinajstić information content (AvgIpc) is 3.84. The van der Waals surface area contributed by atoms with Crippen LogP contribution in [-0.2, 0) is 19.4 Å². The molecule has 228 valence electrons. The minimum Gasteiger partial charge on any atom is -0.421 e. The van der Waals surface area contributed by atoms with E-state index in [0.717, 1.165) is 41.9 Å². The molecule has 1 atom stereocenters. The summed E-state index contributed by atoms with van der Waals surface area (Å²) in [4.78, 5) is 39.7. The SMILES string of the molecule is Cc1ccc(CCc2nc3c(c(-c4ccc(C(=O)NCc5ccc(F)c(F)c5)s4)c2-c2nnc(C)o2)C(=O)N2CCCC32)nc1. The largest absolute Gasteiger partial charge is 0.421 e. The molecule has 2 amide bonds. The molecule has 0 bridgehead atoms. The van der Waals surface area contributed by atoms with Gasteiger partial charge in [0, 0.05) is 42.3 Å². The quantitative estimate of drug-likeness (QED) is 0.220. The highest BCUT2D eigenvalue weighted by Crippen LogP contribution is 2.49. The third-order valence-corrected chi connectivity index (χ3v) is 9.29. The van der Waals surface area contributed by atoms with Crippen LogP contribution in [0.3, 0.4) is 0 Å². The van der Waals surface area contributed by atoms with E-state index in [1.807, 2.05) is 36.2 Å². The molecule has 2 aliphatic rings. The van der Waals surface area contributed by atoms with Crippen LogP contribution in [-0.4, -0.2) is 43.4 Å². The number of nitrogens with one attached hydrogen (secondary N) is 1. The molecular formula is C33H28F2N6O3S. The van der Waals surface area contributed by atoms with Crippen LogP contribution in [0.25, 0.3) is 21.9 Å². The summed E-state index contributed by atoms with van der Waals surface area (Å²) in [6, 6.07) is 10.9. The summed E-state index contributed by atoms with van der Waals surface area (Å²) in [6.45, 7) is 4.37. The zero-order valence-electron chi connectivity index (χ0n) is 24.6. The number of thiophene rings is 1. The number of rotatable bonds is 8. The van der Waals surface area contributed by atoms with Crippen LogP contribution in [0.5, 0.6) is 0 Å². The van der Waals surface area contributed by atoms with Gasteiger partial charge in [0.1, 0.15) is 0 Å². The summed E-state index contributed by atoms with van der Waals surface area (Å²) in [5.74, 6) is -1.78. The zero-order chi connectivity index (χ0) is 31.2. The number of amides is 2. The number of aryl methyl sites for hydroxylation is 4. The minimum atomic E-state index is -0.977. The molecule has 5 aromatic rings. The van der Waals surface area contributed by atoms with Gasteiger partial charge in [0.25, 0.3) is 11.8 Å². The highest BCUT2D eigenvalue weighted by molar-refractivity contribution is 7.17. The first-order valence-corrected chi connectivity index (χ1v) is 15.5. The number of pyridine rings is 2. The van der Waals surface area contributed by atoms with Crippen molar-refractivity contribution in [2.45, 2.75) is 52.1 Å². The Morgan fingerprint density at radius 3 is 2.67 bits per heavy atom. The molecule has 7 rings (SSSR count). The van der Waals surface area contributed by atoms with Crippen molar-refractivity contribution in [2.75, 3.05) is 6.54 Å². The van der Waals surface area contributed by atoms with Crippen molar-refractivity contribution in [3.05, 3.63) is 105 Å². The van der Waals surface area contributed by atoms with E-state index >= 15 is 0 Å². The molecule has 12 heteroatoms. The Hall–Kier alpha value is -4.84. The number of nitrogens with zero attached hydrogens (tertiary/aromatic N) is 5. The van der Waals surface area contributed by atoms with Crippen LogP contribution in [0.2, 0.25) is 0 Å². The highest BCUT2D eigenvalue weighted by atomic mass is 32.1. The van der Waals surface area contributed by atoms with E-state index in [1.165, 1.54) is 17.4 Å². The average molecular weight is 627 g/mol. The van der Waals surface area contributed by atoms with Crippen LogP contribution >= 0.6 is 11.3 Å². The van der Waals surface area contributed by atoms with Gasteiger partial charge >= 0.3 is 0 Å². The van der Waals surface area contributed by atoms with E-state index in [-0.39, 0.29) is 30.3 Å². The van der Waals surface area contributed by atoms with Crippen LogP contribution in [0.1, 0.15) is 73.0 Å². The molecule has 1 saturated heterocycles. The van der Waals surface area contributed by atoms with Gasteiger partial charge in [0.15, 0.2) is 11.6 Å². The van der Waals surface area contributed by atoms with Crippen LogP contribution in [0.15, 0.2) is 53.1 Å². The molecule has 1 fully saturated rings. The molecule has 45 heavy (non-hydrogen) atoms. The van der Waals surface area contributed by atoms with Crippen molar-refractivity contribution in [2.24, 2.45) is 0 Å². The zero-order valence-corrected chi connectivity index (χ0v) is 25.4. The predicted octanol–water partition coefficient (Wildman–Crippen LogP) is 6.16. The van der Waals surface area contributed by atoms with Crippen molar-refractivity contribution < 1.29 is 22.8 Å². The van der Waals surface area contributed by atoms with E-state index in [9.17, 15) is 18.4 Å². The van der Waals surface area contributed by atoms with Gasteiger partial charge in [-0.25, -0.2) is 8.78 Å². The number of aromatic nitrogens is 4. The van der Waals surface area contributed by atoms with E-state index in [4.69, 9.17) is 9.40 Å². The van der Waals surface area contributed by atoms with E-state index in [0.29, 0.717) is 63.0 Å². The summed E-state index contributed by atoms with van der Waals surface area (Å²) < 4.78 is 33.0. The standard InChI is InChI=1S/C33H28F2N6O3S/c1-17-5-7-20(36-15-17)8-10-23-27(32-40-39-18(2)44-32)28(29-30(38-23)24-4-3-13-41(24)33(29)43)25-11-12-26(45-25)31(42)37-16-19-6-9-21(34)22(35)14-19/h5-7,9,11-12,14-15,24H,3-4,8,10,13,16H2,1-2H3,(H,37,42). The molecule has 1 N–H and O–H groups in total. The Kier molecular flexibility index (Phi) is 7.44. The van der Waals surface area contributed by atoms with Gasteiger partial charge in [0.05, 0.1) is 33.4 Å². The van der Waals surface area contributed by atoms with Gasteiger partial charge < -0.3 is 14.6 Å². The Morgan fingerprint density at radius 1 is 1.04 bits per heavy atom. The Bertz CT molecular complexity index is 1950. The first-order valence-electron chi connectivity index (χ1n) is 14.7. The third kappa shape index (κ3) is 5.39. The fourth-order valence-electron chi connectivity index (χ4n) is 6.01. The maximum absolute atomic E-state index is 13.9. The Morgan fingerprint density at radius 2 is 1.91 bits per heavy atom. The number of halogens is 2. The number of carbonyl (C=O) groups is 2. The topological polar surface area (TPSA) is 114 Å². The van der Waals surface area contributed by atoms with Gasteiger partial charge in [-0.05, 0) is 74.1 Å². The molecule has 4 aromatic heterocycles. The van der Waals surface area contributed by atoms with Crippen molar-refractivity contribution in [1.82, 2.24) is 30.4 Å². The molecule has 0 aliphatic carbocycles. The number of fused-ring (bicyclic) bond motifs is 3. The minimum absolute atomic E-state index is 0.0206. The van der Waals surface area contributed by atoms with Crippen LogP contribution in [0.4, 0.5) is 8.78 Å². The third-order valence-electron chi connectivity index (χ3n) is 8.19. The number of carbonyl (C=O) groups excluding carboxylic acids is 2. The fourth-order valence-corrected chi connectivity index (χ4v) is 6.99. The maximum Gasteiger partial charge on any atom is 0.261 e. The summed E-state index contributed by atoms with van der Waals surface area (Å²) in [6.07, 6.45) is 4.68. The van der Waals surface area contributed by atoms with E-state index in [2.05, 4.69) is 20.5 Å². The van der Waals surface area contributed by atoms with Crippen LogP contribution in [0, 0.1) is 25.5 Å². The number of benzene rings is 1. The normalized spacial score (nSPS) is 15.4. The van der Waals surface area contributed by atoms with Gasteiger partial charge in [-0.15, -0.1) is 21.5 Å². The maximum atomic E-state index is 13.9. The van der Waals surface area contributed by atoms with Crippen molar-refractivity contribution in [3.63, 3.8) is 0 Å². The lowest BCUT2D eigenvalue weighted by Crippen LogP contribution is -2.23. The fraction of sp³-hybridized carbons (Fsp3) is 0.273. The number of hydrogen-bond acceptors (Lipinski definition) is 8. The smallest absolute Gasteiger partial charge is 0.261 e. The lowest BCUT2D eigenvalue weighted by molar-refractivity contribution is 0.0776. The van der Waals surface area contributed by atoms with Crippen molar-refractivity contribution in [3.8, 4) is 21.9 Å². The molecule has 0 spiro atoms. The second-order valence-electron chi connectivity index (χ2n) is 11.3. The molecule has 1 unspecified atom stereocenters. The lowest BCUT2D eigenvalue weighted by atomic mass is 9.93. The first-order chi connectivity index (χ1) is 21.8. The van der Waals surface area contributed by atoms with E-state index in [1.54, 1.807) is 13.0 Å². The molecule has 0 saturated carbocycles. The summed E-state index contributed by atoms with van der Waals surface area (Å²) >= 11 is 1.22. The molecule has 9 nitrogen and oxygen atoms in total. The molecule has 6 heterocycles. The van der Waals surface area contributed by atoms with Crippen molar-refractivity contribution >= 4 is 23.2 Å². The molecule has 0 radical (unpaired) electrons. The van der Waals surface area contributed by atoms with E-state index < -0.39 is 11.6 Å². The molecule has 1 aromatic carbocycles. The Balaban J connectivity index is 1.31. The van der Waals surface area contributed by atoms with Gasteiger partial charge in [-0.2, -0.15) is 0 Å². The van der Waals surface area contributed by atoms with Gasteiger partial charge in [-0.3, -0.25) is 19.6 Å². The van der Waals surface area contributed by atoms with Crippen LogP contribution < -0.4 is 5.32 Å². The first kappa shape index (κ1) is 28.9. The Labute approximate surface area is 261 Å². The summed E-state index contributed by atoms with van der Waals surface area (Å²) in [5, 5.41) is 11.2. The molecule has 2 aliphatic heterocycles. The van der Waals surface area contributed by atoms with Gasteiger partial charge in [0.2, 0.25) is 11.8 Å². The summed E-state index contributed by atoms with van der Waals surface area (Å²) in [5.41, 5.74) is 5.56.